The number of imidazole rings is 2. The van der Waals surface area contributed by atoms with Gasteiger partial charge < -0.3 is 14.0 Å². The van der Waals surface area contributed by atoms with Crippen molar-refractivity contribution in [3.8, 4) is 0 Å². The number of hydrogen-bond acceptors (Lipinski definition) is 3. The molecule has 27 heavy (non-hydrogen) atoms. The summed E-state index contributed by atoms with van der Waals surface area (Å²) in [7, 11) is 2.00. The number of aryl methyl sites for hydroxylation is 4. The Bertz CT molecular complexity index is 962. The van der Waals surface area contributed by atoms with E-state index in [9.17, 15) is 4.79 Å². The number of rotatable bonds is 4. The molecular formula is C21H27N5O. The van der Waals surface area contributed by atoms with E-state index in [-0.39, 0.29) is 5.91 Å². The zero-order valence-electron chi connectivity index (χ0n) is 16.4. The largest absolute Gasteiger partial charge is 0.339 e. The van der Waals surface area contributed by atoms with Crippen LogP contribution in [0.5, 0.6) is 0 Å². The third-order valence-electron chi connectivity index (χ3n) is 5.96. The number of hydrogen-bond donors (Lipinski definition) is 0. The first-order valence-electron chi connectivity index (χ1n) is 9.73. The van der Waals surface area contributed by atoms with Gasteiger partial charge in [-0.25, -0.2) is 9.97 Å². The minimum absolute atomic E-state index is 0.129. The standard InChI is InChI=1S/C21H27N5O/c1-15-22-9-13-25(15)10-6-17-7-11-26(12-8-17)21(27)18-4-5-20-19(14-18)23-16(2)24(20)3/h4-5,9,13-14,17H,6-8,10-12H2,1-3H3. The molecule has 2 aromatic heterocycles. The fourth-order valence-electron chi connectivity index (χ4n) is 4.02. The van der Waals surface area contributed by atoms with Crippen molar-refractivity contribution in [2.75, 3.05) is 13.1 Å². The van der Waals surface area contributed by atoms with Crippen molar-refractivity contribution in [1.29, 1.82) is 0 Å². The van der Waals surface area contributed by atoms with Crippen molar-refractivity contribution in [2.24, 2.45) is 13.0 Å². The molecule has 142 valence electrons. The SMILES string of the molecule is Cc1nccn1CCC1CCN(C(=O)c2ccc3c(c2)nc(C)n3C)CC1. The maximum absolute atomic E-state index is 12.9. The second-order valence-electron chi connectivity index (χ2n) is 7.61. The predicted octanol–water partition coefficient (Wildman–Crippen LogP) is 3.33. The molecule has 6 heteroatoms. The molecule has 1 aliphatic heterocycles. The fraction of sp³-hybridized carbons (Fsp3) is 0.476. The summed E-state index contributed by atoms with van der Waals surface area (Å²) in [5.41, 5.74) is 2.71. The molecule has 4 rings (SSSR count). The van der Waals surface area contributed by atoms with Gasteiger partial charge in [0.15, 0.2) is 0 Å². The lowest BCUT2D eigenvalue weighted by atomic mass is 9.93. The molecule has 0 radical (unpaired) electrons. The molecule has 0 unspecified atom stereocenters. The molecular weight excluding hydrogens is 338 g/mol. The average Bonchev–Trinajstić information content (AvgIpc) is 3.22. The van der Waals surface area contributed by atoms with Crippen molar-refractivity contribution in [3.63, 3.8) is 0 Å². The Labute approximate surface area is 159 Å². The summed E-state index contributed by atoms with van der Waals surface area (Å²) >= 11 is 0. The predicted molar refractivity (Wildman–Crippen MR) is 106 cm³/mol. The summed E-state index contributed by atoms with van der Waals surface area (Å²) in [6.07, 6.45) is 7.20. The number of amides is 1. The minimum atomic E-state index is 0.129. The van der Waals surface area contributed by atoms with Gasteiger partial charge in [0, 0.05) is 44.6 Å². The summed E-state index contributed by atoms with van der Waals surface area (Å²) in [4.78, 5) is 23.7. The minimum Gasteiger partial charge on any atom is -0.339 e. The Morgan fingerprint density at radius 1 is 1.19 bits per heavy atom. The van der Waals surface area contributed by atoms with Gasteiger partial charge in [0.05, 0.1) is 11.0 Å². The second-order valence-corrected chi connectivity index (χ2v) is 7.61. The van der Waals surface area contributed by atoms with Crippen LogP contribution >= 0.6 is 0 Å². The van der Waals surface area contributed by atoms with Gasteiger partial charge in [-0.05, 0) is 57.2 Å². The zero-order chi connectivity index (χ0) is 19.0. The normalized spacial score (nSPS) is 15.6. The monoisotopic (exact) mass is 365 g/mol. The molecule has 0 atom stereocenters. The highest BCUT2D eigenvalue weighted by Gasteiger charge is 2.24. The maximum Gasteiger partial charge on any atom is 0.253 e. The van der Waals surface area contributed by atoms with Gasteiger partial charge >= 0.3 is 0 Å². The summed E-state index contributed by atoms with van der Waals surface area (Å²) in [5, 5.41) is 0. The number of fused-ring (bicyclic) bond motifs is 1. The molecule has 3 heterocycles. The molecule has 1 aliphatic rings. The van der Waals surface area contributed by atoms with Gasteiger partial charge in [-0.3, -0.25) is 4.79 Å². The summed E-state index contributed by atoms with van der Waals surface area (Å²) in [5.74, 6) is 2.84. The van der Waals surface area contributed by atoms with Crippen molar-refractivity contribution in [1.82, 2.24) is 24.0 Å². The quantitative estimate of drug-likeness (QED) is 0.713. The lowest BCUT2D eigenvalue weighted by Crippen LogP contribution is -2.38. The first kappa shape index (κ1) is 17.8. The topological polar surface area (TPSA) is 56.0 Å². The zero-order valence-corrected chi connectivity index (χ0v) is 16.4. The Morgan fingerprint density at radius 2 is 1.96 bits per heavy atom. The van der Waals surface area contributed by atoms with Gasteiger partial charge in [-0.2, -0.15) is 0 Å². The molecule has 0 saturated carbocycles. The molecule has 0 aliphatic carbocycles. The van der Waals surface area contributed by atoms with Crippen molar-refractivity contribution >= 4 is 16.9 Å². The van der Waals surface area contributed by atoms with Gasteiger partial charge in [0.2, 0.25) is 0 Å². The van der Waals surface area contributed by atoms with Crippen LogP contribution in [0, 0.1) is 19.8 Å². The summed E-state index contributed by atoms with van der Waals surface area (Å²) in [6, 6.07) is 5.86. The van der Waals surface area contributed by atoms with Crippen LogP contribution in [0.2, 0.25) is 0 Å². The van der Waals surface area contributed by atoms with Crippen LogP contribution in [0.1, 0.15) is 41.3 Å². The third kappa shape index (κ3) is 3.48. The van der Waals surface area contributed by atoms with Crippen LogP contribution < -0.4 is 0 Å². The van der Waals surface area contributed by atoms with E-state index in [2.05, 4.69) is 19.1 Å². The van der Waals surface area contributed by atoms with Gasteiger partial charge in [-0.15, -0.1) is 0 Å². The number of benzene rings is 1. The Balaban J connectivity index is 1.36. The van der Waals surface area contributed by atoms with Crippen molar-refractivity contribution < 1.29 is 4.79 Å². The highest BCUT2D eigenvalue weighted by molar-refractivity contribution is 5.97. The first-order chi connectivity index (χ1) is 13.0. The fourth-order valence-corrected chi connectivity index (χ4v) is 4.02. The van der Waals surface area contributed by atoms with Crippen LogP contribution in [0.15, 0.2) is 30.6 Å². The molecule has 0 bridgehead atoms. The van der Waals surface area contributed by atoms with E-state index in [1.165, 1.54) is 0 Å². The average molecular weight is 365 g/mol. The smallest absolute Gasteiger partial charge is 0.253 e. The lowest BCUT2D eigenvalue weighted by Gasteiger charge is -2.32. The molecule has 1 saturated heterocycles. The number of nitrogens with zero attached hydrogens (tertiary/aromatic N) is 5. The van der Waals surface area contributed by atoms with E-state index < -0.39 is 0 Å². The number of likely N-dealkylation sites (tertiary alicyclic amines) is 1. The van der Waals surface area contributed by atoms with E-state index >= 15 is 0 Å². The van der Waals surface area contributed by atoms with Crippen LogP contribution in [0.25, 0.3) is 11.0 Å². The molecule has 1 amide bonds. The second kappa shape index (κ2) is 7.18. The van der Waals surface area contributed by atoms with Gasteiger partial charge in [-0.1, -0.05) is 0 Å². The number of piperidine rings is 1. The van der Waals surface area contributed by atoms with E-state index in [0.29, 0.717) is 5.92 Å². The van der Waals surface area contributed by atoms with E-state index in [4.69, 9.17) is 0 Å². The highest BCUT2D eigenvalue weighted by Crippen LogP contribution is 2.24. The molecule has 0 N–H and O–H groups in total. The van der Waals surface area contributed by atoms with Crippen molar-refractivity contribution in [3.05, 3.63) is 47.8 Å². The van der Waals surface area contributed by atoms with Crippen LogP contribution in [-0.4, -0.2) is 43.0 Å². The van der Waals surface area contributed by atoms with Gasteiger partial charge in [0.25, 0.3) is 5.91 Å². The third-order valence-corrected chi connectivity index (χ3v) is 5.96. The molecule has 3 aromatic rings. The molecule has 1 aromatic carbocycles. The number of aromatic nitrogens is 4. The van der Waals surface area contributed by atoms with Crippen LogP contribution in [-0.2, 0) is 13.6 Å². The molecule has 1 fully saturated rings. The van der Waals surface area contributed by atoms with Crippen LogP contribution in [0.4, 0.5) is 0 Å². The van der Waals surface area contributed by atoms with E-state index in [0.717, 1.165) is 67.1 Å². The summed E-state index contributed by atoms with van der Waals surface area (Å²) < 4.78 is 4.26. The van der Waals surface area contributed by atoms with E-state index in [1.807, 2.05) is 56.4 Å². The van der Waals surface area contributed by atoms with E-state index in [1.54, 1.807) is 0 Å². The van der Waals surface area contributed by atoms with Gasteiger partial charge in [0.1, 0.15) is 11.6 Å². The Morgan fingerprint density at radius 3 is 2.67 bits per heavy atom. The highest BCUT2D eigenvalue weighted by atomic mass is 16.2. The Hall–Kier alpha value is -2.63. The van der Waals surface area contributed by atoms with Crippen LogP contribution in [0.3, 0.4) is 0 Å². The molecule has 6 nitrogen and oxygen atoms in total. The number of carbonyl (C=O) groups is 1. The Kier molecular flexibility index (Phi) is 4.72. The number of carbonyl (C=O) groups excluding carboxylic acids is 1. The first-order valence-corrected chi connectivity index (χ1v) is 9.73. The summed E-state index contributed by atoms with van der Waals surface area (Å²) in [6.45, 7) is 6.72. The lowest BCUT2D eigenvalue weighted by molar-refractivity contribution is 0.0685. The molecule has 0 spiro atoms. The van der Waals surface area contributed by atoms with Crippen molar-refractivity contribution in [2.45, 2.75) is 39.7 Å². The maximum atomic E-state index is 12.9.